The Hall–Kier alpha value is -3.89. The first-order valence-electron chi connectivity index (χ1n) is 11.2. The Labute approximate surface area is 202 Å². The van der Waals surface area contributed by atoms with E-state index in [0.29, 0.717) is 33.6 Å². The summed E-state index contributed by atoms with van der Waals surface area (Å²) >= 11 is 6.35. The molecule has 0 bridgehead atoms. The number of benzene rings is 4. The monoisotopic (exact) mass is 466 g/mol. The van der Waals surface area contributed by atoms with Gasteiger partial charge >= 0.3 is 0 Å². The molecule has 0 saturated carbocycles. The van der Waals surface area contributed by atoms with Crippen molar-refractivity contribution in [3.8, 4) is 11.5 Å². The largest absolute Gasteiger partial charge is 0.436 e. The maximum absolute atomic E-state index is 12.4. The maximum Gasteiger partial charge on any atom is 0.248 e. The number of carbonyl (C=O) groups excluding carboxylic acids is 1. The third-order valence-corrected chi connectivity index (χ3v) is 6.11. The van der Waals surface area contributed by atoms with E-state index < -0.39 is 0 Å². The van der Waals surface area contributed by atoms with E-state index >= 15 is 0 Å². The highest BCUT2D eigenvalue weighted by molar-refractivity contribution is 6.35. The minimum Gasteiger partial charge on any atom is -0.436 e. The zero-order chi connectivity index (χ0) is 23.7. The number of fused-ring (bicyclic) bond motifs is 2. The van der Waals surface area contributed by atoms with E-state index in [0.717, 1.165) is 21.9 Å². The molecule has 1 N–H and O–H groups in total. The molecule has 1 heterocycles. The molecule has 0 spiro atoms. The molecule has 168 valence electrons. The Bertz CT molecular complexity index is 1530. The molecule has 0 saturated heterocycles. The number of hydrogen-bond acceptors (Lipinski definition) is 3. The molecule has 0 fully saturated rings. The SMILES string of the molecule is CC(C)c1ccc(C=CC(=O)Nc2ccc3oc(-c4cccc5c(Cl)cccc45)nc3c2)cc1. The van der Waals surface area contributed by atoms with E-state index in [1.165, 1.54) is 11.6 Å². The van der Waals surface area contributed by atoms with Crippen LogP contribution in [-0.2, 0) is 4.79 Å². The van der Waals surface area contributed by atoms with Gasteiger partial charge < -0.3 is 9.73 Å². The van der Waals surface area contributed by atoms with Gasteiger partial charge in [0.1, 0.15) is 5.52 Å². The van der Waals surface area contributed by atoms with E-state index in [-0.39, 0.29) is 5.91 Å². The molecule has 1 amide bonds. The van der Waals surface area contributed by atoms with Crippen LogP contribution >= 0.6 is 11.6 Å². The smallest absolute Gasteiger partial charge is 0.248 e. The summed E-state index contributed by atoms with van der Waals surface area (Å²) in [5.41, 5.74) is 5.08. The Kier molecular flexibility index (Phi) is 5.91. The molecule has 0 aliphatic heterocycles. The van der Waals surface area contributed by atoms with Crippen LogP contribution in [0, 0.1) is 0 Å². The van der Waals surface area contributed by atoms with Gasteiger partial charge in [-0.3, -0.25) is 4.79 Å². The topological polar surface area (TPSA) is 55.1 Å². The molecule has 5 heteroatoms. The van der Waals surface area contributed by atoms with Crippen LogP contribution in [-0.4, -0.2) is 10.9 Å². The molecule has 0 aliphatic carbocycles. The van der Waals surface area contributed by atoms with E-state index in [9.17, 15) is 4.79 Å². The van der Waals surface area contributed by atoms with Crippen molar-refractivity contribution in [2.24, 2.45) is 0 Å². The predicted octanol–water partition coefficient (Wildman–Crippen LogP) is 8.08. The second-order valence-corrected chi connectivity index (χ2v) is 8.89. The van der Waals surface area contributed by atoms with Crippen LogP contribution in [0.15, 0.2) is 89.4 Å². The highest BCUT2D eigenvalue weighted by Crippen LogP contribution is 2.34. The summed E-state index contributed by atoms with van der Waals surface area (Å²) in [6, 6.07) is 25.3. The number of carbonyl (C=O) groups is 1. The Morgan fingerprint density at radius 3 is 2.53 bits per heavy atom. The summed E-state index contributed by atoms with van der Waals surface area (Å²) in [5.74, 6) is 0.780. The summed E-state index contributed by atoms with van der Waals surface area (Å²) < 4.78 is 6.01. The van der Waals surface area contributed by atoms with Crippen molar-refractivity contribution in [3.63, 3.8) is 0 Å². The third kappa shape index (κ3) is 4.45. The number of aromatic nitrogens is 1. The first kappa shape index (κ1) is 21.9. The molecule has 0 unspecified atom stereocenters. The molecule has 4 nitrogen and oxygen atoms in total. The highest BCUT2D eigenvalue weighted by Gasteiger charge is 2.13. The van der Waals surface area contributed by atoms with Crippen molar-refractivity contribution >= 4 is 51.1 Å². The van der Waals surface area contributed by atoms with Gasteiger partial charge in [0.25, 0.3) is 0 Å². The number of halogens is 1. The number of nitrogens with one attached hydrogen (secondary N) is 1. The molecule has 0 aliphatic rings. The molecule has 0 radical (unpaired) electrons. The molecule has 1 aromatic heterocycles. The highest BCUT2D eigenvalue weighted by atomic mass is 35.5. The van der Waals surface area contributed by atoms with Gasteiger partial charge in [0.05, 0.1) is 0 Å². The van der Waals surface area contributed by atoms with Gasteiger partial charge in [-0.05, 0) is 58.8 Å². The van der Waals surface area contributed by atoms with Crippen molar-refractivity contribution in [1.82, 2.24) is 4.98 Å². The van der Waals surface area contributed by atoms with Crippen LogP contribution < -0.4 is 5.32 Å². The van der Waals surface area contributed by atoms with Crippen LogP contribution in [0.1, 0.15) is 30.9 Å². The lowest BCUT2D eigenvalue weighted by Gasteiger charge is -2.04. The number of amides is 1. The number of rotatable bonds is 5. The van der Waals surface area contributed by atoms with Crippen LogP contribution in [0.3, 0.4) is 0 Å². The zero-order valence-corrected chi connectivity index (χ0v) is 19.6. The third-order valence-electron chi connectivity index (χ3n) is 5.78. The fraction of sp³-hybridized carbons (Fsp3) is 0.103. The van der Waals surface area contributed by atoms with Crippen LogP contribution in [0.2, 0.25) is 5.02 Å². The summed E-state index contributed by atoms with van der Waals surface area (Å²) in [6.07, 6.45) is 3.33. The first-order chi connectivity index (χ1) is 16.5. The predicted molar refractivity (Wildman–Crippen MR) is 140 cm³/mol. The molecule has 34 heavy (non-hydrogen) atoms. The summed E-state index contributed by atoms with van der Waals surface area (Å²) in [4.78, 5) is 17.1. The molecular weight excluding hydrogens is 444 g/mol. The Morgan fingerprint density at radius 2 is 1.74 bits per heavy atom. The van der Waals surface area contributed by atoms with Crippen LogP contribution in [0.4, 0.5) is 5.69 Å². The number of hydrogen-bond donors (Lipinski definition) is 1. The fourth-order valence-corrected chi connectivity index (χ4v) is 4.16. The molecule has 5 rings (SSSR count). The number of oxazole rings is 1. The fourth-order valence-electron chi connectivity index (χ4n) is 3.93. The van der Waals surface area contributed by atoms with Gasteiger partial charge in [0.2, 0.25) is 11.8 Å². The van der Waals surface area contributed by atoms with Crippen molar-refractivity contribution in [2.75, 3.05) is 5.32 Å². The van der Waals surface area contributed by atoms with Crippen molar-refractivity contribution < 1.29 is 9.21 Å². The molecule has 5 aromatic rings. The quantitative estimate of drug-likeness (QED) is 0.266. The molecule has 4 aromatic carbocycles. The van der Waals surface area contributed by atoms with E-state index in [1.54, 1.807) is 12.1 Å². The van der Waals surface area contributed by atoms with Crippen molar-refractivity contribution in [3.05, 3.63) is 101 Å². The standard InChI is InChI=1S/C29H23ClN2O2/c1-18(2)20-12-9-19(10-13-20)11-16-28(33)31-21-14-15-27-26(17-21)32-29(34-27)24-7-3-6-23-22(24)5-4-8-25(23)30/h3-18H,1-2H3,(H,31,33). The van der Waals surface area contributed by atoms with Gasteiger partial charge in [0, 0.05) is 27.7 Å². The second-order valence-electron chi connectivity index (χ2n) is 8.49. The summed E-state index contributed by atoms with van der Waals surface area (Å²) in [7, 11) is 0. The minimum atomic E-state index is -0.209. The Balaban J connectivity index is 1.36. The first-order valence-corrected chi connectivity index (χ1v) is 11.5. The van der Waals surface area contributed by atoms with Crippen LogP contribution in [0.5, 0.6) is 0 Å². The van der Waals surface area contributed by atoms with Gasteiger partial charge in [-0.1, -0.05) is 74.0 Å². The molecular formula is C29H23ClN2O2. The second kappa shape index (κ2) is 9.16. The molecule has 0 atom stereocenters. The van der Waals surface area contributed by atoms with E-state index in [2.05, 4.69) is 36.3 Å². The minimum absolute atomic E-state index is 0.209. The average Bonchev–Trinajstić information content (AvgIpc) is 3.26. The lowest BCUT2D eigenvalue weighted by molar-refractivity contribution is -0.111. The van der Waals surface area contributed by atoms with Crippen molar-refractivity contribution in [1.29, 1.82) is 0 Å². The maximum atomic E-state index is 12.4. The number of nitrogens with zero attached hydrogens (tertiary/aromatic N) is 1. The zero-order valence-electron chi connectivity index (χ0n) is 18.9. The lowest BCUT2D eigenvalue weighted by atomic mass is 10.0. The van der Waals surface area contributed by atoms with Gasteiger partial charge in [-0.15, -0.1) is 0 Å². The van der Waals surface area contributed by atoms with Crippen LogP contribution in [0.25, 0.3) is 39.4 Å². The average molecular weight is 467 g/mol. The van der Waals surface area contributed by atoms with Crippen molar-refractivity contribution in [2.45, 2.75) is 19.8 Å². The van der Waals surface area contributed by atoms with E-state index in [1.807, 2.05) is 60.7 Å². The van der Waals surface area contributed by atoms with Gasteiger partial charge in [-0.2, -0.15) is 0 Å². The summed E-state index contributed by atoms with van der Waals surface area (Å²) in [6.45, 7) is 4.31. The van der Waals surface area contributed by atoms with Gasteiger partial charge in [0.15, 0.2) is 5.58 Å². The Morgan fingerprint density at radius 1 is 0.971 bits per heavy atom. The lowest BCUT2D eigenvalue weighted by Crippen LogP contribution is -2.07. The van der Waals surface area contributed by atoms with E-state index in [4.69, 9.17) is 16.0 Å². The number of anilines is 1. The summed E-state index contributed by atoms with van der Waals surface area (Å²) in [5, 5.41) is 5.50. The normalized spacial score (nSPS) is 11.6. The van der Waals surface area contributed by atoms with Gasteiger partial charge in [-0.25, -0.2) is 4.98 Å².